The summed E-state index contributed by atoms with van der Waals surface area (Å²) in [7, 11) is 0. The van der Waals surface area contributed by atoms with Crippen molar-refractivity contribution in [2.24, 2.45) is 5.92 Å². The van der Waals surface area contributed by atoms with Crippen LogP contribution in [0.5, 0.6) is 0 Å². The largest absolute Gasteiger partial charge is 0.478 e. The molecule has 0 saturated carbocycles. The lowest BCUT2D eigenvalue weighted by Gasteiger charge is -2.19. The molecule has 0 aliphatic heterocycles. The van der Waals surface area contributed by atoms with E-state index in [-0.39, 0.29) is 6.04 Å². The van der Waals surface area contributed by atoms with Crippen molar-refractivity contribution in [3.8, 4) is 0 Å². The van der Waals surface area contributed by atoms with Gasteiger partial charge in [0.25, 0.3) is 0 Å². The zero-order valence-corrected chi connectivity index (χ0v) is 20.4. The number of aromatic amines is 1. The molecule has 0 unspecified atom stereocenters. The van der Waals surface area contributed by atoms with Gasteiger partial charge in [0.1, 0.15) is 5.82 Å². The number of carboxylic acids is 1. The Morgan fingerprint density at radius 3 is 2.21 bits per heavy atom. The summed E-state index contributed by atoms with van der Waals surface area (Å²) in [5, 5.41) is 21.3. The first kappa shape index (κ1) is 27.5. The number of aliphatic hydroxyl groups excluding tert-OH is 1. The molecule has 5 nitrogen and oxygen atoms in total. The van der Waals surface area contributed by atoms with Gasteiger partial charge in [-0.15, -0.1) is 0 Å². The smallest absolute Gasteiger partial charge is 0.328 e. The molecule has 34 heavy (non-hydrogen) atoms. The van der Waals surface area contributed by atoms with E-state index >= 15 is 0 Å². The third kappa shape index (κ3) is 13.0. The summed E-state index contributed by atoms with van der Waals surface area (Å²) in [6, 6.07) is 14.2. The van der Waals surface area contributed by atoms with E-state index in [1.54, 1.807) is 6.08 Å². The second-order valence-corrected chi connectivity index (χ2v) is 8.98. The maximum Gasteiger partial charge on any atom is 0.328 e. The second-order valence-electron chi connectivity index (χ2n) is 8.98. The van der Waals surface area contributed by atoms with Gasteiger partial charge < -0.3 is 20.5 Å². The SMILES string of the molecule is O=C(O)/C=C/[C@H](CC[C@H](/C=C/c1ccccc1)CCCCCCCCCCO)Nc1ccc[nH]1. The predicted molar refractivity (Wildman–Crippen MR) is 142 cm³/mol. The number of carboxylic acid groups (broad SMARTS) is 1. The van der Waals surface area contributed by atoms with E-state index in [0.717, 1.165) is 37.9 Å². The third-order valence-corrected chi connectivity index (χ3v) is 6.10. The van der Waals surface area contributed by atoms with E-state index in [9.17, 15) is 4.79 Å². The van der Waals surface area contributed by atoms with Gasteiger partial charge in [-0.25, -0.2) is 4.79 Å². The highest BCUT2D eigenvalue weighted by Gasteiger charge is 2.11. The third-order valence-electron chi connectivity index (χ3n) is 6.10. The molecule has 0 saturated heterocycles. The van der Waals surface area contributed by atoms with Gasteiger partial charge in [0.05, 0.1) is 0 Å². The minimum atomic E-state index is -0.921. The van der Waals surface area contributed by atoms with Crippen molar-refractivity contribution in [2.45, 2.75) is 76.7 Å². The molecule has 0 spiro atoms. The molecule has 1 aromatic heterocycles. The average Bonchev–Trinajstić information content (AvgIpc) is 3.36. The molecular weight excluding hydrogens is 424 g/mol. The summed E-state index contributed by atoms with van der Waals surface area (Å²) >= 11 is 0. The van der Waals surface area contributed by atoms with Crippen LogP contribution in [0.25, 0.3) is 6.08 Å². The molecule has 5 heteroatoms. The van der Waals surface area contributed by atoms with E-state index in [2.05, 4.69) is 46.7 Å². The molecule has 2 aromatic rings. The summed E-state index contributed by atoms with van der Waals surface area (Å²) in [6.07, 6.45) is 21.9. The number of carbonyl (C=O) groups is 1. The van der Waals surface area contributed by atoms with Crippen LogP contribution in [0.3, 0.4) is 0 Å². The molecule has 1 heterocycles. The molecule has 1 aromatic carbocycles. The van der Waals surface area contributed by atoms with Crippen molar-refractivity contribution < 1.29 is 15.0 Å². The van der Waals surface area contributed by atoms with Gasteiger partial charge in [-0.05, 0) is 49.3 Å². The fraction of sp³-hybridized carbons (Fsp3) is 0.483. The number of hydrogen-bond acceptors (Lipinski definition) is 3. The predicted octanol–water partition coefficient (Wildman–Crippen LogP) is 7.05. The Morgan fingerprint density at radius 2 is 1.56 bits per heavy atom. The van der Waals surface area contributed by atoms with E-state index in [1.165, 1.54) is 50.2 Å². The van der Waals surface area contributed by atoms with Crippen LogP contribution in [0.1, 0.15) is 76.2 Å². The Balaban J connectivity index is 1.86. The van der Waals surface area contributed by atoms with Gasteiger partial charge in [-0.3, -0.25) is 0 Å². The van der Waals surface area contributed by atoms with Gasteiger partial charge in [-0.2, -0.15) is 0 Å². The van der Waals surface area contributed by atoms with Crippen LogP contribution in [-0.2, 0) is 4.79 Å². The second kappa shape index (κ2) is 17.7. The number of allylic oxidation sites excluding steroid dienone is 1. The number of aliphatic hydroxyl groups is 1. The highest BCUT2D eigenvalue weighted by Crippen LogP contribution is 2.22. The first-order chi connectivity index (χ1) is 16.7. The Kier molecular flexibility index (Phi) is 14.3. The first-order valence-electron chi connectivity index (χ1n) is 12.8. The molecule has 0 amide bonds. The topological polar surface area (TPSA) is 85.3 Å². The molecular formula is C29H42N2O3. The number of aliphatic carboxylic acids is 1. The first-order valence-corrected chi connectivity index (χ1v) is 12.8. The van der Waals surface area contributed by atoms with E-state index in [0.29, 0.717) is 12.5 Å². The molecule has 186 valence electrons. The molecule has 0 fully saturated rings. The Hall–Kier alpha value is -2.79. The average molecular weight is 467 g/mol. The van der Waals surface area contributed by atoms with Crippen LogP contribution < -0.4 is 5.32 Å². The Bertz CT molecular complexity index is 815. The summed E-state index contributed by atoms with van der Waals surface area (Å²) < 4.78 is 0. The minimum absolute atomic E-state index is 0.0405. The van der Waals surface area contributed by atoms with Gasteiger partial charge in [0.2, 0.25) is 0 Å². The number of benzene rings is 1. The standard InChI is InChI=1S/C29H42N2O3/c32-24-11-6-4-2-1-3-5-8-15-26(18-17-25-13-9-7-10-14-25)19-20-27(21-22-29(33)34)31-28-16-12-23-30-28/h7,9-10,12-14,16-18,21-23,26-27,30-32H,1-6,8,11,15,19-20,24H2,(H,33,34)/b18-17+,22-21+/t26-,27-/m0/s1. The monoisotopic (exact) mass is 466 g/mol. The number of H-pyrrole nitrogens is 1. The van der Waals surface area contributed by atoms with Crippen molar-refractivity contribution in [2.75, 3.05) is 11.9 Å². The van der Waals surface area contributed by atoms with E-state index in [4.69, 9.17) is 10.2 Å². The van der Waals surface area contributed by atoms with Crippen molar-refractivity contribution in [3.05, 3.63) is 72.5 Å². The van der Waals surface area contributed by atoms with Gasteiger partial charge in [0.15, 0.2) is 0 Å². The van der Waals surface area contributed by atoms with Gasteiger partial charge in [-0.1, -0.05) is 93.5 Å². The Labute approximate surface area is 205 Å². The summed E-state index contributed by atoms with van der Waals surface area (Å²) in [4.78, 5) is 14.2. The van der Waals surface area contributed by atoms with Crippen molar-refractivity contribution in [1.82, 2.24) is 4.98 Å². The van der Waals surface area contributed by atoms with Gasteiger partial charge in [0, 0.05) is 24.9 Å². The van der Waals surface area contributed by atoms with Crippen molar-refractivity contribution >= 4 is 17.9 Å². The highest BCUT2D eigenvalue weighted by molar-refractivity contribution is 5.79. The molecule has 2 rings (SSSR count). The lowest BCUT2D eigenvalue weighted by atomic mass is 9.92. The van der Waals surface area contributed by atoms with Gasteiger partial charge >= 0.3 is 5.97 Å². The fourth-order valence-corrected chi connectivity index (χ4v) is 4.16. The summed E-state index contributed by atoms with van der Waals surface area (Å²) in [5.41, 5.74) is 1.21. The molecule has 4 N–H and O–H groups in total. The van der Waals surface area contributed by atoms with Crippen LogP contribution in [0.15, 0.2) is 66.9 Å². The zero-order chi connectivity index (χ0) is 24.3. The van der Waals surface area contributed by atoms with Crippen molar-refractivity contribution in [3.63, 3.8) is 0 Å². The number of unbranched alkanes of at least 4 members (excludes halogenated alkanes) is 7. The summed E-state index contributed by atoms with van der Waals surface area (Å²) in [6.45, 7) is 0.311. The molecule has 0 aliphatic rings. The lowest BCUT2D eigenvalue weighted by Crippen LogP contribution is -2.18. The normalized spacial score (nSPS) is 13.4. The number of aromatic nitrogens is 1. The molecule has 0 bridgehead atoms. The molecule has 0 aliphatic carbocycles. The van der Waals surface area contributed by atoms with Crippen LogP contribution in [-0.4, -0.2) is 33.8 Å². The maximum atomic E-state index is 11.1. The number of anilines is 1. The highest BCUT2D eigenvalue weighted by atomic mass is 16.4. The van der Waals surface area contributed by atoms with Crippen LogP contribution in [0, 0.1) is 5.92 Å². The number of nitrogens with one attached hydrogen (secondary N) is 2. The van der Waals surface area contributed by atoms with Crippen LogP contribution in [0.4, 0.5) is 5.82 Å². The summed E-state index contributed by atoms with van der Waals surface area (Å²) in [5.74, 6) is 0.432. The number of hydrogen-bond donors (Lipinski definition) is 4. The Morgan fingerprint density at radius 1 is 0.853 bits per heavy atom. The van der Waals surface area contributed by atoms with Crippen LogP contribution in [0.2, 0.25) is 0 Å². The zero-order valence-electron chi connectivity index (χ0n) is 20.4. The lowest BCUT2D eigenvalue weighted by molar-refractivity contribution is -0.131. The quantitative estimate of drug-likeness (QED) is 0.132. The fourth-order valence-electron chi connectivity index (χ4n) is 4.16. The minimum Gasteiger partial charge on any atom is -0.478 e. The molecule has 0 radical (unpaired) electrons. The molecule has 2 atom stereocenters. The van der Waals surface area contributed by atoms with Crippen molar-refractivity contribution in [1.29, 1.82) is 0 Å². The van der Waals surface area contributed by atoms with E-state index in [1.807, 2.05) is 24.4 Å². The van der Waals surface area contributed by atoms with E-state index < -0.39 is 5.97 Å². The maximum absolute atomic E-state index is 11.1. The number of rotatable bonds is 19. The van der Waals surface area contributed by atoms with Crippen LogP contribution >= 0.6 is 0 Å².